The number of hydrogen-bond acceptors (Lipinski definition) is 6. The average molecular weight is 892 g/mol. The number of ether oxygens (including phenoxy) is 3. The van der Waals surface area contributed by atoms with E-state index in [4.69, 9.17) is 14.2 Å². The number of carbonyl (C=O) groups is 3. The molecule has 0 spiro atoms. The van der Waals surface area contributed by atoms with Gasteiger partial charge in [-0.2, -0.15) is 0 Å². The summed E-state index contributed by atoms with van der Waals surface area (Å²) in [7, 11) is 0. The minimum absolute atomic E-state index is 0.0623. The van der Waals surface area contributed by atoms with Gasteiger partial charge in [-0.25, -0.2) is 0 Å². The van der Waals surface area contributed by atoms with E-state index in [0.717, 1.165) is 63.7 Å². The maximum Gasteiger partial charge on any atom is 0.306 e. The minimum atomic E-state index is -0.760. The zero-order valence-corrected chi connectivity index (χ0v) is 43.0. The highest BCUT2D eigenvalue weighted by molar-refractivity contribution is 5.71. The number of carbonyl (C=O) groups excluding carboxylic acids is 3. The molecule has 2 atom stereocenters. The van der Waals surface area contributed by atoms with Crippen LogP contribution in [0, 0.1) is 5.92 Å². The van der Waals surface area contributed by atoms with Crippen molar-refractivity contribution in [1.29, 1.82) is 0 Å². The third kappa shape index (κ3) is 49.7. The van der Waals surface area contributed by atoms with Crippen molar-refractivity contribution in [2.45, 2.75) is 329 Å². The summed E-state index contributed by atoms with van der Waals surface area (Å²) in [6, 6.07) is 0. The molecule has 0 saturated heterocycles. The maximum atomic E-state index is 12.8. The Hall–Kier alpha value is -1.59. The van der Waals surface area contributed by atoms with Gasteiger partial charge in [0.25, 0.3) is 0 Å². The van der Waals surface area contributed by atoms with Gasteiger partial charge >= 0.3 is 17.9 Å². The van der Waals surface area contributed by atoms with Gasteiger partial charge in [0.15, 0.2) is 6.10 Å². The Bertz CT molecular complexity index is 951. The van der Waals surface area contributed by atoms with Gasteiger partial charge < -0.3 is 14.2 Å². The summed E-state index contributed by atoms with van der Waals surface area (Å²) in [5.41, 5.74) is 0. The van der Waals surface area contributed by atoms with E-state index in [0.29, 0.717) is 19.3 Å². The van der Waals surface area contributed by atoms with Crippen LogP contribution in [0.15, 0.2) is 0 Å². The molecule has 0 aliphatic rings. The Kier molecular flexibility index (Phi) is 50.1. The van der Waals surface area contributed by atoms with E-state index in [1.54, 1.807) is 0 Å². The van der Waals surface area contributed by atoms with Crippen molar-refractivity contribution in [3.05, 3.63) is 0 Å². The summed E-state index contributed by atoms with van der Waals surface area (Å²) in [6.07, 6.45) is 55.2. The van der Waals surface area contributed by atoms with Crippen LogP contribution in [-0.2, 0) is 28.6 Å². The molecule has 0 rings (SSSR count). The molecule has 0 saturated carbocycles. The van der Waals surface area contributed by atoms with E-state index in [1.807, 2.05) is 0 Å². The van der Waals surface area contributed by atoms with Gasteiger partial charge in [-0.1, -0.05) is 285 Å². The Labute approximate surface area is 393 Å². The second kappa shape index (κ2) is 51.4. The average Bonchev–Trinajstić information content (AvgIpc) is 3.28. The Morgan fingerprint density at radius 3 is 0.825 bits per heavy atom. The third-order valence-corrected chi connectivity index (χ3v) is 13.4. The highest BCUT2D eigenvalue weighted by Gasteiger charge is 2.19. The SMILES string of the molecule is CCCCCCCCCCCCCCCCCCCCC(=O)OC[C@H](COC(=O)CCCCCCCCCCCCCCCCC(C)CC)OC(=O)CCCCCCCCCCC. The largest absolute Gasteiger partial charge is 0.462 e. The molecule has 0 radical (unpaired) electrons. The van der Waals surface area contributed by atoms with E-state index in [1.165, 1.54) is 218 Å². The predicted molar refractivity (Wildman–Crippen MR) is 270 cm³/mol. The van der Waals surface area contributed by atoms with Gasteiger partial charge in [0.2, 0.25) is 0 Å². The first-order chi connectivity index (χ1) is 30.9. The Morgan fingerprint density at radius 1 is 0.317 bits per heavy atom. The van der Waals surface area contributed by atoms with Crippen LogP contribution in [0.1, 0.15) is 323 Å². The standard InChI is InChI=1S/C57H110O6/c1-5-8-10-12-14-16-17-18-19-20-21-22-26-29-33-36-40-44-48-55(58)61-51-54(63-57(60)50-46-42-38-31-15-13-11-9-6-2)52-62-56(59)49-45-41-37-34-30-27-24-23-25-28-32-35-39-43-47-53(4)7-3/h53-54H,5-52H2,1-4H3/t53?,54-/m1/s1. The van der Waals surface area contributed by atoms with Crippen molar-refractivity contribution < 1.29 is 28.6 Å². The number of esters is 3. The first-order valence-corrected chi connectivity index (χ1v) is 28.4. The summed E-state index contributed by atoms with van der Waals surface area (Å²) < 4.78 is 16.8. The quantitative estimate of drug-likeness (QED) is 0.0344. The molecule has 0 aromatic rings. The molecular formula is C57H110O6. The van der Waals surface area contributed by atoms with Crippen molar-refractivity contribution >= 4 is 17.9 Å². The lowest BCUT2D eigenvalue weighted by atomic mass is 9.99. The number of hydrogen-bond donors (Lipinski definition) is 0. The van der Waals surface area contributed by atoms with Crippen LogP contribution < -0.4 is 0 Å². The van der Waals surface area contributed by atoms with Crippen LogP contribution in [-0.4, -0.2) is 37.2 Å². The summed E-state index contributed by atoms with van der Waals surface area (Å²) in [5, 5.41) is 0. The van der Waals surface area contributed by atoms with E-state index in [-0.39, 0.29) is 31.1 Å². The lowest BCUT2D eigenvalue weighted by molar-refractivity contribution is -0.167. The fourth-order valence-electron chi connectivity index (χ4n) is 8.72. The molecule has 0 aromatic heterocycles. The van der Waals surface area contributed by atoms with Crippen LogP contribution in [0.4, 0.5) is 0 Å². The van der Waals surface area contributed by atoms with Crippen LogP contribution in [0.2, 0.25) is 0 Å². The predicted octanol–water partition coefficient (Wildman–Crippen LogP) is 18.6. The van der Waals surface area contributed by atoms with Crippen molar-refractivity contribution in [3.8, 4) is 0 Å². The number of unbranched alkanes of at least 4 members (excludes halogenated alkanes) is 38. The van der Waals surface area contributed by atoms with E-state index < -0.39 is 6.10 Å². The Morgan fingerprint density at radius 2 is 0.556 bits per heavy atom. The lowest BCUT2D eigenvalue weighted by Gasteiger charge is -2.18. The fourth-order valence-corrected chi connectivity index (χ4v) is 8.72. The summed E-state index contributed by atoms with van der Waals surface area (Å²) in [6.45, 7) is 9.07. The minimum Gasteiger partial charge on any atom is -0.462 e. The molecule has 0 fully saturated rings. The maximum absolute atomic E-state index is 12.8. The molecule has 0 N–H and O–H groups in total. The molecule has 63 heavy (non-hydrogen) atoms. The molecule has 6 heteroatoms. The molecular weight excluding hydrogens is 781 g/mol. The molecule has 374 valence electrons. The van der Waals surface area contributed by atoms with Crippen LogP contribution in [0.25, 0.3) is 0 Å². The smallest absolute Gasteiger partial charge is 0.306 e. The van der Waals surface area contributed by atoms with Gasteiger partial charge in [-0.15, -0.1) is 0 Å². The molecule has 0 aliphatic heterocycles. The Balaban J connectivity index is 4.19. The van der Waals surface area contributed by atoms with Gasteiger partial charge in [0, 0.05) is 19.3 Å². The van der Waals surface area contributed by atoms with Gasteiger partial charge in [-0.3, -0.25) is 14.4 Å². The lowest BCUT2D eigenvalue weighted by Crippen LogP contribution is -2.30. The van der Waals surface area contributed by atoms with Gasteiger partial charge in [0.1, 0.15) is 13.2 Å². The normalized spacial score (nSPS) is 12.4. The van der Waals surface area contributed by atoms with Gasteiger partial charge in [-0.05, 0) is 25.2 Å². The van der Waals surface area contributed by atoms with Crippen molar-refractivity contribution in [3.63, 3.8) is 0 Å². The van der Waals surface area contributed by atoms with Crippen LogP contribution in [0.3, 0.4) is 0 Å². The molecule has 0 bridgehead atoms. The highest BCUT2D eigenvalue weighted by atomic mass is 16.6. The summed E-state index contributed by atoms with van der Waals surface area (Å²) in [5.74, 6) is 0.0550. The van der Waals surface area contributed by atoms with Crippen molar-refractivity contribution in [2.24, 2.45) is 5.92 Å². The zero-order chi connectivity index (χ0) is 45.9. The molecule has 6 nitrogen and oxygen atoms in total. The topological polar surface area (TPSA) is 78.9 Å². The fraction of sp³-hybridized carbons (Fsp3) is 0.947. The molecule has 0 heterocycles. The zero-order valence-electron chi connectivity index (χ0n) is 43.0. The number of rotatable bonds is 52. The summed E-state index contributed by atoms with van der Waals surface area (Å²) >= 11 is 0. The second-order valence-corrected chi connectivity index (χ2v) is 19.8. The van der Waals surface area contributed by atoms with E-state index in [9.17, 15) is 14.4 Å². The van der Waals surface area contributed by atoms with Crippen molar-refractivity contribution in [2.75, 3.05) is 13.2 Å². The molecule has 0 aliphatic carbocycles. The molecule has 0 amide bonds. The third-order valence-electron chi connectivity index (χ3n) is 13.4. The monoisotopic (exact) mass is 891 g/mol. The van der Waals surface area contributed by atoms with Gasteiger partial charge in [0.05, 0.1) is 0 Å². The molecule has 0 aromatic carbocycles. The van der Waals surface area contributed by atoms with E-state index >= 15 is 0 Å². The first-order valence-electron chi connectivity index (χ1n) is 28.4. The van der Waals surface area contributed by atoms with Crippen LogP contribution >= 0.6 is 0 Å². The van der Waals surface area contributed by atoms with E-state index in [2.05, 4.69) is 27.7 Å². The highest BCUT2D eigenvalue weighted by Crippen LogP contribution is 2.18. The summed E-state index contributed by atoms with van der Waals surface area (Å²) in [4.78, 5) is 38.0. The van der Waals surface area contributed by atoms with Crippen molar-refractivity contribution in [1.82, 2.24) is 0 Å². The van der Waals surface area contributed by atoms with Crippen LogP contribution in [0.5, 0.6) is 0 Å². The first kappa shape index (κ1) is 61.4. The second-order valence-electron chi connectivity index (χ2n) is 19.8. The molecule has 1 unspecified atom stereocenters.